The molecule has 0 aliphatic carbocycles. The SMILES string of the molecule is COC(=O)c1ccc(Nc2nccc(C(=O)Nc3ccccc3Cl)n2)cc1. The molecule has 0 unspecified atom stereocenters. The topological polar surface area (TPSA) is 93.2 Å². The van der Waals surface area contributed by atoms with Crippen LogP contribution in [0.2, 0.25) is 5.02 Å². The van der Waals surface area contributed by atoms with E-state index in [-0.39, 0.29) is 11.6 Å². The van der Waals surface area contributed by atoms with Gasteiger partial charge in [-0.1, -0.05) is 23.7 Å². The zero-order chi connectivity index (χ0) is 19.2. The number of halogens is 1. The van der Waals surface area contributed by atoms with E-state index in [0.29, 0.717) is 22.0 Å². The number of amides is 1. The highest BCUT2D eigenvalue weighted by Crippen LogP contribution is 2.21. The molecule has 0 spiro atoms. The number of carbonyl (C=O) groups excluding carboxylic acids is 2. The molecule has 1 aromatic heterocycles. The highest BCUT2D eigenvalue weighted by Gasteiger charge is 2.11. The molecule has 0 atom stereocenters. The number of ether oxygens (including phenoxy) is 1. The number of hydrogen-bond acceptors (Lipinski definition) is 6. The Bertz CT molecular complexity index is 977. The van der Waals surface area contributed by atoms with E-state index in [1.165, 1.54) is 19.4 Å². The molecule has 0 saturated heterocycles. The average Bonchev–Trinajstić information content (AvgIpc) is 2.70. The predicted molar refractivity (Wildman–Crippen MR) is 103 cm³/mol. The summed E-state index contributed by atoms with van der Waals surface area (Å²) in [5.74, 6) is -0.585. The summed E-state index contributed by atoms with van der Waals surface area (Å²) < 4.78 is 4.66. The normalized spacial score (nSPS) is 10.1. The van der Waals surface area contributed by atoms with Crippen LogP contribution in [-0.2, 0) is 4.74 Å². The summed E-state index contributed by atoms with van der Waals surface area (Å²) in [6, 6.07) is 15.0. The Morgan fingerprint density at radius 1 is 1.04 bits per heavy atom. The number of benzene rings is 2. The highest BCUT2D eigenvalue weighted by atomic mass is 35.5. The van der Waals surface area contributed by atoms with Crippen LogP contribution in [0.3, 0.4) is 0 Å². The second-order valence-corrected chi connectivity index (χ2v) is 5.80. The fraction of sp³-hybridized carbons (Fsp3) is 0.0526. The maximum atomic E-state index is 12.4. The number of rotatable bonds is 5. The molecule has 0 saturated carbocycles. The van der Waals surface area contributed by atoms with Gasteiger partial charge in [0, 0.05) is 11.9 Å². The van der Waals surface area contributed by atoms with Gasteiger partial charge in [-0.2, -0.15) is 0 Å². The van der Waals surface area contributed by atoms with Gasteiger partial charge in [0.05, 0.1) is 23.4 Å². The molecule has 0 aliphatic heterocycles. The lowest BCUT2D eigenvalue weighted by Crippen LogP contribution is -2.15. The summed E-state index contributed by atoms with van der Waals surface area (Å²) >= 11 is 6.05. The Balaban J connectivity index is 1.72. The fourth-order valence-corrected chi connectivity index (χ4v) is 2.41. The number of aromatic nitrogens is 2. The summed E-state index contributed by atoms with van der Waals surface area (Å²) in [6.45, 7) is 0. The second kappa shape index (κ2) is 8.29. The van der Waals surface area contributed by atoms with Crippen molar-refractivity contribution in [3.8, 4) is 0 Å². The van der Waals surface area contributed by atoms with Gasteiger partial charge in [0.1, 0.15) is 5.69 Å². The van der Waals surface area contributed by atoms with Crippen molar-refractivity contribution in [3.05, 3.63) is 77.1 Å². The molecule has 136 valence electrons. The summed E-state index contributed by atoms with van der Waals surface area (Å²) in [4.78, 5) is 32.1. The number of hydrogen-bond donors (Lipinski definition) is 2. The van der Waals surface area contributed by atoms with Crippen LogP contribution in [0.15, 0.2) is 60.8 Å². The number of carbonyl (C=O) groups is 2. The van der Waals surface area contributed by atoms with Crippen LogP contribution in [0, 0.1) is 0 Å². The van der Waals surface area contributed by atoms with Gasteiger partial charge in [-0.3, -0.25) is 4.79 Å². The number of nitrogens with zero attached hydrogens (tertiary/aromatic N) is 2. The second-order valence-electron chi connectivity index (χ2n) is 5.39. The molecule has 1 heterocycles. The number of esters is 1. The molecular formula is C19H15ClN4O3. The summed E-state index contributed by atoms with van der Waals surface area (Å²) in [5, 5.41) is 6.12. The zero-order valence-electron chi connectivity index (χ0n) is 14.3. The molecule has 27 heavy (non-hydrogen) atoms. The van der Waals surface area contributed by atoms with E-state index in [1.54, 1.807) is 48.5 Å². The first kappa shape index (κ1) is 18.3. The minimum Gasteiger partial charge on any atom is -0.465 e. The van der Waals surface area contributed by atoms with Crippen molar-refractivity contribution in [1.82, 2.24) is 9.97 Å². The molecule has 3 rings (SSSR count). The number of nitrogens with one attached hydrogen (secondary N) is 2. The van der Waals surface area contributed by atoms with Crippen LogP contribution >= 0.6 is 11.6 Å². The third-order valence-corrected chi connectivity index (χ3v) is 3.90. The molecule has 3 aromatic rings. The lowest BCUT2D eigenvalue weighted by atomic mass is 10.2. The van der Waals surface area contributed by atoms with Gasteiger partial charge >= 0.3 is 5.97 Å². The van der Waals surface area contributed by atoms with Crippen LogP contribution < -0.4 is 10.6 Å². The number of methoxy groups -OCH3 is 1. The van der Waals surface area contributed by atoms with Crippen molar-refractivity contribution in [2.75, 3.05) is 17.7 Å². The van der Waals surface area contributed by atoms with Gasteiger partial charge in [-0.05, 0) is 42.5 Å². The molecule has 0 aliphatic rings. The van der Waals surface area contributed by atoms with E-state index in [1.807, 2.05) is 0 Å². The van der Waals surface area contributed by atoms with E-state index in [9.17, 15) is 9.59 Å². The van der Waals surface area contributed by atoms with Gasteiger partial charge in [-0.25, -0.2) is 14.8 Å². The van der Waals surface area contributed by atoms with Crippen LogP contribution in [0.1, 0.15) is 20.8 Å². The van der Waals surface area contributed by atoms with Crippen molar-refractivity contribution in [3.63, 3.8) is 0 Å². The Labute approximate surface area is 160 Å². The lowest BCUT2D eigenvalue weighted by molar-refractivity contribution is 0.0600. The van der Waals surface area contributed by atoms with Gasteiger partial charge in [0.25, 0.3) is 5.91 Å². The third-order valence-electron chi connectivity index (χ3n) is 3.57. The molecule has 7 nitrogen and oxygen atoms in total. The predicted octanol–water partition coefficient (Wildman–Crippen LogP) is 3.91. The lowest BCUT2D eigenvalue weighted by Gasteiger charge is -2.08. The summed E-state index contributed by atoms with van der Waals surface area (Å²) in [7, 11) is 1.32. The summed E-state index contributed by atoms with van der Waals surface area (Å²) in [6.07, 6.45) is 1.47. The molecule has 2 aromatic carbocycles. The first-order valence-electron chi connectivity index (χ1n) is 7.91. The van der Waals surface area contributed by atoms with Gasteiger partial charge in [0.2, 0.25) is 5.95 Å². The van der Waals surface area contributed by atoms with Gasteiger partial charge in [0.15, 0.2) is 0 Å². The Kier molecular flexibility index (Phi) is 5.63. The van der Waals surface area contributed by atoms with Crippen LogP contribution in [0.4, 0.5) is 17.3 Å². The average molecular weight is 383 g/mol. The zero-order valence-corrected chi connectivity index (χ0v) is 15.0. The molecule has 0 fully saturated rings. The Morgan fingerprint density at radius 2 is 1.78 bits per heavy atom. The molecule has 1 amide bonds. The van der Waals surface area contributed by atoms with E-state index in [0.717, 1.165) is 0 Å². The van der Waals surface area contributed by atoms with Gasteiger partial charge < -0.3 is 15.4 Å². The Hall–Kier alpha value is -3.45. The molecule has 0 radical (unpaired) electrons. The van der Waals surface area contributed by atoms with E-state index >= 15 is 0 Å². The molecule has 0 bridgehead atoms. The largest absolute Gasteiger partial charge is 0.465 e. The number of para-hydroxylation sites is 1. The summed E-state index contributed by atoms with van der Waals surface area (Å²) in [5.41, 5.74) is 1.76. The smallest absolute Gasteiger partial charge is 0.337 e. The fourth-order valence-electron chi connectivity index (χ4n) is 2.23. The van der Waals surface area contributed by atoms with Crippen LogP contribution in [0.5, 0.6) is 0 Å². The first-order chi connectivity index (χ1) is 13.1. The quantitative estimate of drug-likeness (QED) is 0.650. The van der Waals surface area contributed by atoms with Crippen molar-refractivity contribution in [2.45, 2.75) is 0 Å². The number of anilines is 3. The van der Waals surface area contributed by atoms with E-state index in [4.69, 9.17) is 11.6 Å². The van der Waals surface area contributed by atoms with Crippen LogP contribution in [0.25, 0.3) is 0 Å². The van der Waals surface area contributed by atoms with Crippen molar-refractivity contribution >= 4 is 40.8 Å². The van der Waals surface area contributed by atoms with Gasteiger partial charge in [-0.15, -0.1) is 0 Å². The molecule has 8 heteroatoms. The minimum absolute atomic E-state index is 0.179. The monoisotopic (exact) mass is 382 g/mol. The van der Waals surface area contributed by atoms with Crippen molar-refractivity contribution in [1.29, 1.82) is 0 Å². The minimum atomic E-state index is -0.420. The maximum absolute atomic E-state index is 12.4. The van der Waals surface area contributed by atoms with E-state index < -0.39 is 11.9 Å². The van der Waals surface area contributed by atoms with Crippen molar-refractivity contribution in [2.24, 2.45) is 0 Å². The molecular weight excluding hydrogens is 368 g/mol. The highest BCUT2D eigenvalue weighted by molar-refractivity contribution is 6.33. The van der Waals surface area contributed by atoms with Crippen LogP contribution in [-0.4, -0.2) is 29.0 Å². The standard InChI is InChI=1S/C19H15ClN4O3/c1-27-18(26)12-6-8-13(9-7-12)22-19-21-11-10-16(24-19)17(25)23-15-5-3-2-4-14(15)20/h2-11H,1H3,(H,23,25)(H,21,22,24). The third kappa shape index (κ3) is 4.59. The maximum Gasteiger partial charge on any atom is 0.337 e. The van der Waals surface area contributed by atoms with E-state index in [2.05, 4.69) is 25.3 Å². The van der Waals surface area contributed by atoms with Crippen molar-refractivity contribution < 1.29 is 14.3 Å². The first-order valence-corrected chi connectivity index (χ1v) is 8.29. The molecule has 2 N–H and O–H groups in total. The Morgan fingerprint density at radius 3 is 2.48 bits per heavy atom.